The molecule has 5 heteroatoms. The fraction of sp³-hybridized carbons (Fsp3) is 0.400. The van der Waals surface area contributed by atoms with Crippen molar-refractivity contribution >= 4 is 17.4 Å². The van der Waals surface area contributed by atoms with E-state index in [9.17, 15) is 0 Å². The minimum Gasteiger partial charge on any atom is -0.493 e. The minimum atomic E-state index is 0.762. The van der Waals surface area contributed by atoms with Crippen molar-refractivity contribution in [3.8, 4) is 11.5 Å². The summed E-state index contributed by atoms with van der Waals surface area (Å²) in [5.74, 6) is 3.99. The maximum atomic E-state index is 5.35. The van der Waals surface area contributed by atoms with Crippen molar-refractivity contribution in [2.24, 2.45) is 0 Å². The van der Waals surface area contributed by atoms with Crippen LogP contribution in [0.3, 0.4) is 0 Å². The molecule has 134 valence electrons. The van der Waals surface area contributed by atoms with Crippen LogP contribution in [0.25, 0.3) is 0 Å². The van der Waals surface area contributed by atoms with Crippen molar-refractivity contribution in [1.29, 1.82) is 0 Å². The Balaban J connectivity index is 1.52. The summed E-state index contributed by atoms with van der Waals surface area (Å²) in [5, 5.41) is 3.49. The predicted molar refractivity (Wildman–Crippen MR) is 106 cm³/mol. The molecule has 4 nitrogen and oxygen atoms in total. The van der Waals surface area contributed by atoms with Crippen molar-refractivity contribution in [3.63, 3.8) is 0 Å². The molecule has 3 rings (SSSR count). The third kappa shape index (κ3) is 4.83. The standard InChI is InChI=1S/C20H26N2O2S/c1-23-19-8-5-17(13-20(19)24-2)15-21-14-16-3-6-18(7-4-16)22-9-11-25-12-10-22/h3-8,13,21H,9-12,14-15H2,1-2H3. The van der Waals surface area contributed by atoms with Gasteiger partial charge in [-0.25, -0.2) is 0 Å². The SMILES string of the molecule is COc1ccc(CNCc2ccc(N3CCSCC3)cc2)cc1OC. The number of rotatable bonds is 7. The first-order valence-electron chi connectivity index (χ1n) is 8.63. The number of nitrogens with one attached hydrogen (secondary N) is 1. The van der Waals surface area contributed by atoms with Gasteiger partial charge in [0.1, 0.15) is 0 Å². The van der Waals surface area contributed by atoms with Gasteiger partial charge in [-0.1, -0.05) is 18.2 Å². The van der Waals surface area contributed by atoms with Crippen LogP contribution in [0.4, 0.5) is 5.69 Å². The highest BCUT2D eigenvalue weighted by atomic mass is 32.2. The lowest BCUT2D eigenvalue weighted by atomic mass is 10.1. The van der Waals surface area contributed by atoms with E-state index in [2.05, 4.69) is 40.5 Å². The molecule has 1 N–H and O–H groups in total. The van der Waals surface area contributed by atoms with E-state index in [1.165, 1.54) is 28.3 Å². The van der Waals surface area contributed by atoms with Crippen LogP contribution in [0, 0.1) is 0 Å². The molecule has 0 unspecified atom stereocenters. The average Bonchev–Trinajstić information content (AvgIpc) is 2.69. The van der Waals surface area contributed by atoms with Gasteiger partial charge in [0.05, 0.1) is 14.2 Å². The Hall–Kier alpha value is -1.85. The molecule has 1 saturated heterocycles. The molecule has 1 aliphatic heterocycles. The molecule has 0 spiro atoms. The third-order valence-corrected chi connectivity index (χ3v) is 5.36. The Kier molecular flexibility index (Phi) is 6.48. The molecule has 25 heavy (non-hydrogen) atoms. The van der Waals surface area contributed by atoms with Gasteiger partial charge in [0, 0.05) is 43.4 Å². The lowest BCUT2D eigenvalue weighted by Crippen LogP contribution is -2.32. The Morgan fingerprint density at radius 3 is 2.20 bits per heavy atom. The number of ether oxygens (including phenoxy) is 2. The van der Waals surface area contributed by atoms with Crippen LogP contribution < -0.4 is 19.7 Å². The molecule has 0 atom stereocenters. The number of anilines is 1. The summed E-state index contributed by atoms with van der Waals surface area (Å²) in [6.45, 7) is 3.96. The van der Waals surface area contributed by atoms with Crippen LogP contribution in [-0.4, -0.2) is 38.8 Å². The van der Waals surface area contributed by atoms with Gasteiger partial charge >= 0.3 is 0 Å². The number of nitrogens with zero attached hydrogens (tertiary/aromatic N) is 1. The van der Waals surface area contributed by atoms with Crippen molar-refractivity contribution in [2.75, 3.05) is 43.7 Å². The largest absolute Gasteiger partial charge is 0.493 e. The van der Waals surface area contributed by atoms with Crippen molar-refractivity contribution in [1.82, 2.24) is 5.32 Å². The molecular formula is C20H26N2O2S. The fourth-order valence-electron chi connectivity index (χ4n) is 2.99. The molecule has 1 aliphatic rings. The molecule has 1 fully saturated rings. The summed E-state index contributed by atoms with van der Waals surface area (Å²) < 4.78 is 10.6. The first-order valence-corrected chi connectivity index (χ1v) is 9.79. The van der Waals surface area contributed by atoms with Crippen LogP contribution in [0.5, 0.6) is 11.5 Å². The van der Waals surface area contributed by atoms with Gasteiger partial charge in [0.25, 0.3) is 0 Å². The van der Waals surface area contributed by atoms with Gasteiger partial charge in [0.15, 0.2) is 11.5 Å². The zero-order valence-corrected chi connectivity index (χ0v) is 15.8. The van der Waals surface area contributed by atoms with Crippen molar-refractivity contribution < 1.29 is 9.47 Å². The first-order chi connectivity index (χ1) is 12.3. The second-order valence-corrected chi connectivity index (χ2v) is 7.28. The molecule has 0 bridgehead atoms. The number of hydrogen-bond donors (Lipinski definition) is 1. The summed E-state index contributed by atoms with van der Waals surface area (Å²) in [5.41, 5.74) is 3.82. The topological polar surface area (TPSA) is 33.7 Å². The van der Waals surface area contributed by atoms with Crippen LogP contribution in [0.2, 0.25) is 0 Å². The number of hydrogen-bond acceptors (Lipinski definition) is 5. The number of methoxy groups -OCH3 is 2. The van der Waals surface area contributed by atoms with Gasteiger partial charge in [0.2, 0.25) is 0 Å². The third-order valence-electron chi connectivity index (χ3n) is 4.42. The molecule has 2 aromatic carbocycles. The zero-order chi connectivity index (χ0) is 17.5. The Morgan fingerprint density at radius 2 is 1.52 bits per heavy atom. The Labute approximate surface area is 154 Å². The number of thioether (sulfide) groups is 1. The molecule has 1 heterocycles. The summed E-state index contributed by atoms with van der Waals surface area (Å²) in [6, 6.07) is 14.9. The second-order valence-electron chi connectivity index (χ2n) is 6.06. The Morgan fingerprint density at radius 1 is 0.880 bits per heavy atom. The van der Waals surface area contributed by atoms with Crippen LogP contribution in [-0.2, 0) is 13.1 Å². The molecule has 0 radical (unpaired) electrons. The Bertz CT molecular complexity index is 670. The van der Waals surface area contributed by atoms with Gasteiger partial charge in [-0.2, -0.15) is 11.8 Å². The molecule has 0 saturated carbocycles. The number of benzene rings is 2. The molecule has 0 aliphatic carbocycles. The lowest BCUT2D eigenvalue weighted by Gasteiger charge is -2.28. The van der Waals surface area contributed by atoms with E-state index < -0.39 is 0 Å². The summed E-state index contributed by atoms with van der Waals surface area (Å²) in [4.78, 5) is 2.47. The predicted octanol–water partition coefficient (Wildman–Crippen LogP) is 3.55. The van der Waals surface area contributed by atoms with Gasteiger partial charge < -0.3 is 19.7 Å². The maximum Gasteiger partial charge on any atom is 0.161 e. The van der Waals surface area contributed by atoms with Gasteiger partial charge in [-0.15, -0.1) is 0 Å². The van der Waals surface area contributed by atoms with Gasteiger partial charge in [-0.3, -0.25) is 0 Å². The molecule has 0 aromatic heterocycles. The smallest absolute Gasteiger partial charge is 0.161 e. The van der Waals surface area contributed by atoms with E-state index in [0.717, 1.165) is 37.7 Å². The zero-order valence-electron chi connectivity index (χ0n) is 15.0. The van der Waals surface area contributed by atoms with E-state index in [4.69, 9.17) is 9.47 Å². The monoisotopic (exact) mass is 358 g/mol. The molecular weight excluding hydrogens is 332 g/mol. The van der Waals surface area contributed by atoms with Gasteiger partial charge in [-0.05, 0) is 35.4 Å². The van der Waals surface area contributed by atoms with Crippen molar-refractivity contribution in [2.45, 2.75) is 13.1 Å². The van der Waals surface area contributed by atoms with E-state index in [1.54, 1.807) is 14.2 Å². The van der Waals surface area contributed by atoms with Crippen molar-refractivity contribution in [3.05, 3.63) is 53.6 Å². The highest BCUT2D eigenvalue weighted by Gasteiger charge is 2.10. The minimum absolute atomic E-state index is 0.762. The van der Waals surface area contributed by atoms with Crippen LogP contribution >= 0.6 is 11.8 Å². The fourth-order valence-corrected chi connectivity index (χ4v) is 3.89. The van der Waals surface area contributed by atoms with E-state index in [0.29, 0.717) is 0 Å². The molecule has 2 aromatic rings. The maximum absolute atomic E-state index is 5.35. The van der Waals surface area contributed by atoms with Crippen LogP contribution in [0.15, 0.2) is 42.5 Å². The highest BCUT2D eigenvalue weighted by molar-refractivity contribution is 7.99. The normalized spacial score (nSPS) is 14.4. The highest BCUT2D eigenvalue weighted by Crippen LogP contribution is 2.27. The summed E-state index contributed by atoms with van der Waals surface area (Å²) in [7, 11) is 3.32. The summed E-state index contributed by atoms with van der Waals surface area (Å²) in [6.07, 6.45) is 0. The second kappa shape index (κ2) is 9.02. The quantitative estimate of drug-likeness (QED) is 0.819. The van der Waals surface area contributed by atoms with E-state index in [1.807, 2.05) is 23.9 Å². The van der Waals surface area contributed by atoms with E-state index >= 15 is 0 Å². The van der Waals surface area contributed by atoms with Crippen LogP contribution in [0.1, 0.15) is 11.1 Å². The summed E-state index contributed by atoms with van der Waals surface area (Å²) >= 11 is 2.04. The lowest BCUT2D eigenvalue weighted by molar-refractivity contribution is 0.354. The first kappa shape index (κ1) is 18.0. The molecule has 0 amide bonds. The average molecular weight is 359 g/mol. The van der Waals surface area contributed by atoms with E-state index in [-0.39, 0.29) is 0 Å².